The van der Waals surface area contributed by atoms with E-state index in [2.05, 4.69) is 11.9 Å². The van der Waals surface area contributed by atoms with Crippen LogP contribution in [0.25, 0.3) is 11.0 Å². The molecule has 1 unspecified atom stereocenters. The third kappa shape index (κ3) is 13.5. The quantitative estimate of drug-likeness (QED) is 0.103. The van der Waals surface area contributed by atoms with E-state index in [1.54, 1.807) is 0 Å². The number of rotatable bonds is 20. The van der Waals surface area contributed by atoms with E-state index in [0.29, 0.717) is 12.8 Å². The summed E-state index contributed by atoms with van der Waals surface area (Å²) in [5.74, 6) is 0. The van der Waals surface area contributed by atoms with Crippen molar-refractivity contribution in [2.75, 3.05) is 0 Å². The first-order valence-corrected chi connectivity index (χ1v) is 17.9. The summed E-state index contributed by atoms with van der Waals surface area (Å²) in [5, 5.41) is -0.755. The number of fused-ring (bicyclic) bond motifs is 1. The third-order valence-corrected chi connectivity index (χ3v) is 9.32. The summed E-state index contributed by atoms with van der Waals surface area (Å²) in [6.45, 7) is 2.24. The summed E-state index contributed by atoms with van der Waals surface area (Å²) in [6, 6.07) is 13.0. The van der Waals surface area contributed by atoms with Gasteiger partial charge < -0.3 is 13.7 Å². The van der Waals surface area contributed by atoms with Gasteiger partial charge in [-0.05, 0) is 30.5 Å². The number of aromatic nitrogens is 2. The second-order valence-electron chi connectivity index (χ2n) is 11.0. The second kappa shape index (κ2) is 20.8. The predicted molar refractivity (Wildman–Crippen MR) is 160 cm³/mol. The minimum Gasteiger partial charge on any atom is -0.744 e. The van der Waals surface area contributed by atoms with Crippen molar-refractivity contribution in [3.63, 3.8) is 0 Å². The molecule has 0 N–H and O–H groups in total. The van der Waals surface area contributed by atoms with Crippen LogP contribution in [0.3, 0.4) is 0 Å². The Kier molecular flexibility index (Phi) is 19.7. The summed E-state index contributed by atoms with van der Waals surface area (Å²) in [5.41, 5.74) is 0.824. The molecule has 0 fully saturated rings. The van der Waals surface area contributed by atoms with E-state index >= 15 is 0 Å². The Balaban J connectivity index is 0.00000462. The molecule has 1 atom stereocenters. The van der Waals surface area contributed by atoms with E-state index in [0.717, 1.165) is 37.3 Å². The zero-order chi connectivity index (χ0) is 29.7. The van der Waals surface area contributed by atoms with Crippen LogP contribution in [0.15, 0.2) is 58.6 Å². The van der Waals surface area contributed by atoms with Crippen molar-refractivity contribution < 1.29 is 85.1 Å². The normalized spacial score (nSPS) is 12.5. The molecule has 0 amide bonds. The van der Waals surface area contributed by atoms with Gasteiger partial charge >= 0.3 is 59.1 Å². The van der Waals surface area contributed by atoms with Gasteiger partial charge in [-0.25, -0.2) is 21.8 Å². The molecule has 0 bridgehead atoms. The van der Waals surface area contributed by atoms with Gasteiger partial charge in [-0.1, -0.05) is 133 Å². The minimum atomic E-state index is -5.05. The van der Waals surface area contributed by atoms with Gasteiger partial charge in [-0.15, -0.1) is 0 Å². The molecule has 8 nitrogen and oxygen atoms in total. The fourth-order valence-electron chi connectivity index (χ4n) is 5.58. The number of para-hydroxylation sites is 1. The standard InChI is InChI=1S/C31H46N2O6S2.2Na/c1-2-3-4-5-6-7-8-9-10-11-12-13-14-18-22-27(25-26-20-16-15-17-21-26)33-28-23-19-24-29(40(34,35)36)30(28)32-31(33)41(37,38)39;;/h15-17,19-21,23-24,27H,2-14,18,22,25H2,1H3,(H,34,35,36)(H,37,38,39);;/q;2*+1/p-2. The Morgan fingerprint density at radius 1 is 0.674 bits per heavy atom. The first kappa shape index (κ1) is 40.8. The number of imidazole rings is 1. The van der Waals surface area contributed by atoms with Gasteiger partial charge in [0.2, 0.25) is 5.16 Å². The van der Waals surface area contributed by atoms with Crippen LogP contribution >= 0.6 is 0 Å². The van der Waals surface area contributed by atoms with E-state index in [9.17, 15) is 25.9 Å². The maximum atomic E-state index is 12.3. The Hall–Kier alpha value is -0.270. The zero-order valence-electron chi connectivity index (χ0n) is 26.2. The number of unbranched alkanes of at least 4 members (excludes halogenated alkanes) is 13. The van der Waals surface area contributed by atoms with E-state index in [-0.39, 0.29) is 70.1 Å². The third-order valence-electron chi connectivity index (χ3n) is 7.71. The number of benzene rings is 2. The van der Waals surface area contributed by atoms with Gasteiger partial charge in [0, 0.05) is 6.04 Å². The van der Waals surface area contributed by atoms with Gasteiger partial charge in [-0.2, -0.15) is 0 Å². The van der Waals surface area contributed by atoms with Crippen LogP contribution in [0.4, 0.5) is 0 Å². The van der Waals surface area contributed by atoms with Gasteiger partial charge in [0.05, 0.1) is 10.4 Å². The fourth-order valence-corrected chi connectivity index (χ4v) is 6.91. The Labute approximate surface area is 302 Å². The van der Waals surface area contributed by atoms with Gasteiger partial charge in [0.25, 0.3) is 0 Å². The molecule has 0 aliphatic heterocycles. The first-order chi connectivity index (χ1) is 19.6. The molecule has 1 heterocycles. The van der Waals surface area contributed by atoms with Crippen LogP contribution in [-0.2, 0) is 26.7 Å². The maximum Gasteiger partial charge on any atom is 1.00 e. The van der Waals surface area contributed by atoms with Gasteiger partial charge in [-0.3, -0.25) is 0 Å². The van der Waals surface area contributed by atoms with Crippen molar-refractivity contribution in [2.24, 2.45) is 0 Å². The molecule has 228 valence electrons. The largest absolute Gasteiger partial charge is 1.00 e. The molecular weight excluding hydrogens is 606 g/mol. The predicted octanol–water partition coefficient (Wildman–Crippen LogP) is 1.51. The topological polar surface area (TPSA) is 132 Å². The molecule has 0 radical (unpaired) electrons. The minimum absolute atomic E-state index is 0. The average molecular weight is 651 g/mol. The molecule has 1 aromatic heterocycles. The van der Waals surface area contributed by atoms with Crippen molar-refractivity contribution in [3.05, 3.63) is 54.1 Å². The fraction of sp³-hybridized carbons (Fsp3) is 0.581. The van der Waals surface area contributed by atoms with Gasteiger partial charge in [0.15, 0.2) is 10.1 Å². The Bertz CT molecular complexity index is 1430. The monoisotopic (exact) mass is 650 g/mol. The van der Waals surface area contributed by atoms with Crippen LogP contribution in [0.2, 0.25) is 0 Å². The van der Waals surface area contributed by atoms with E-state index in [1.165, 1.54) is 80.9 Å². The van der Waals surface area contributed by atoms with Crippen LogP contribution in [-0.4, -0.2) is 35.5 Å². The first-order valence-electron chi connectivity index (χ1n) is 15.1. The molecule has 0 spiro atoms. The molecule has 0 saturated heterocycles. The number of hydrogen-bond acceptors (Lipinski definition) is 7. The summed E-state index contributed by atoms with van der Waals surface area (Å²) in [6.07, 6.45) is 18.1. The van der Waals surface area contributed by atoms with E-state index in [1.807, 2.05) is 30.3 Å². The smallest absolute Gasteiger partial charge is 0.744 e. The summed E-state index contributed by atoms with van der Waals surface area (Å²) in [7, 11) is -9.98. The summed E-state index contributed by atoms with van der Waals surface area (Å²) in [4.78, 5) is 3.28. The van der Waals surface area contributed by atoms with Crippen molar-refractivity contribution >= 4 is 31.3 Å². The summed E-state index contributed by atoms with van der Waals surface area (Å²) >= 11 is 0. The Morgan fingerprint density at radius 3 is 1.67 bits per heavy atom. The van der Waals surface area contributed by atoms with Crippen molar-refractivity contribution in [3.8, 4) is 0 Å². The zero-order valence-corrected chi connectivity index (χ0v) is 31.8. The number of nitrogens with zero attached hydrogens (tertiary/aromatic N) is 2. The molecule has 2 aromatic carbocycles. The number of hydrogen-bond donors (Lipinski definition) is 0. The molecule has 0 aliphatic rings. The van der Waals surface area contributed by atoms with Crippen LogP contribution in [0.1, 0.15) is 115 Å². The molecule has 43 heavy (non-hydrogen) atoms. The maximum absolute atomic E-state index is 12.3. The molecule has 0 aliphatic carbocycles. The van der Waals surface area contributed by atoms with Gasteiger partial charge in [0.1, 0.15) is 15.6 Å². The second-order valence-corrected chi connectivity index (χ2v) is 13.6. The molecule has 3 aromatic rings. The molecule has 12 heteroatoms. The molecule has 0 saturated carbocycles. The molecule has 3 rings (SSSR count). The van der Waals surface area contributed by atoms with Crippen molar-refractivity contribution in [1.82, 2.24) is 9.55 Å². The molecular formula is C31H44N2Na2O6S2. The SMILES string of the molecule is CCCCCCCCCCCCCCCCC(Cc1ccccc1)n1c(S(=O)(=O)[O-])nc2c(S(=O)(=O)[O-])cccc21.[Na+].[Na+]. The van der Waals surface area contributed by atoms with Crippen LogP contribution in [0.5, 0.6) is 0 Å². The summed E-state index contributed by atoms with van der Waals surface area (Å²) < 4.78 is 73.8. The Morgan fingerprint density at radius 2 is 1.19 bits per heavy atom. The van der Waals surface area contributed by atoms with E-state index in [4.69, 9.17) is 0 Å². The van der Waals surface area contributed by atoms with Crippen molar-refractivity contribution in [1.29, 1.82) is 0 Å². The van der Waals surface area contributed by atoms with Crippen LogP contribution < -0.4 is 59.1 Å². The van der Waals surface area contributed by atoms with Crippen LogP contribution in [0, 0.1) is 0 Å². The van der Waals surface area contributed by atoms with E-state index < -0.39 is 36.3 Å². The average Bonchev–Trinajstić information content (AvgIpc) is 3.33. The van der Waals surface area contributed by atoms with Crippen molar-refractivity contribution in [2.45, 2.75) is 126 Å².